The van der Waals surface area contributed by atoms with Gasteiger partial charge in [0.15, 0.2) is 6.61 Å². The summed E-state index contributed by atoms with van der Waals surface area (Å²) >= 11 is 7.06. The van der Waals surface area contributed by atoms with E-state index in [0.29, 0.717) is 26.9 Å². The van der Waals surface area contributed by atoms with E-state index in [4.69, 9.17) is 16.3 Å². The standard InChI is InChI=1S/C26H21ClN2O4S/c1-17-5-4-7-20(13-17)28-24(30)16-33-21-11-9-18(10-12-21)14-23-25(31)29(26(32)34-23)15-19-6-2-3-8-22(19)27/h2-14H,15-16H2,1H3,(H,28,30)/b23-14+. The van der Waals surface area contributed by atoms with Crippen molar-refractivity contribution in [3.63, 3.8) is 0 Å². The van der Waals surface area contributed by atoms with Gasteiger partial charge in [0.25, 0.3) is 17.1 Å². The fourth-order valence-corrected chi connectivity index (χ4v) is 4.35. The van der Waals surface area contributed by atoms with Gasteiger partial charge in [-0.1, -0.05) is 54.1 Å². The summed E-state index contributed by atoms with van der Waals surface area (Å²) in [7, 11) is 0. The fourth-order valence-electron chi connectivity index (χ4n) is 3.31. The Balaban J connectivity index is 1.35. The Morgan fingerprint density at radius 2 is 1.82 bits per heavy atom. The van der Waals surface area contributed by atoms with Gasteiger partial charge in [-0.15, -0.1) is 0 Å². The highest BCUT2D eigenvalue weighted by atomic mass is 35.5. The summed E-state index contributed by atoms with van der Waals surface area (Å²) in [5, 5.41) is 2.96. The van der Waals surface area contributed by atoms with Crippen LogP contribution in [0, 0.1) is 6.92 Å². The van der Waals surface area contributed by atoms with Gasteiger partial charge in [0.05, 0.1) is 11.4 Å². The Bertz CT molecular complexity index is 1270. The van der Waals surface area contributed by atoms with Crippen LogP contribution < -0.4 is 10.1 Å². The van der Waals surface area contributed by atoms with Crippen LogP contribution in [0.4, 0.5) is 10.5 Å². The van der Waals surface area contributed by atoms with Gasteiger partial charge < -0.3 is 10.1 Å². The van der Waals surface area contributed by atoms with Crippen molar-refractivity contribution in [1.29, 1.82) is 0 Å². The lowest BCUT2D eigenvalue weighted by atomic mass is 10.2. The molecule has 0 atom stereocenters. The second-order valence-electron chi connectivity index (χ2n) is 7.63. The first-order chi connectivity index (χ1) is 16.4. The third kappa shape index (κ3) is 5.87. The van der Waals surface area contributed by atoms with Crippen molar-refractivity contribution >= 4 is 52.2 Å². The molecular weight excluding hydrogens is 472 g/mol. The van der Waals surface area contributed by atoms with Gasteiger partial charge in [0.2, 0.25) is 0 Å². The fraction of sp³-hybridized carbons (Fsp3) is 0.115. The van der Waals surface area contributed by atoms with E-state index >= 15 is 0 Å². The zero-order valence-corrected chi connectivity index (χ0v) is 19.9. The number of ether oxygens (including phenoxy) is 1. The monoisotopic (exact) mass is 492 g/mol. The van der Waals surface area contributed by atoms with E-state index in [1.165, 1.54) is 4.90 Å². The van der Waals surface area contributed by atoms with E-state index in [-0.39, 0.29) is 30.2 Å². The average Bonchev–Trinajstić information content (AvgIpc) is 3.07. The lowest BCUT2D eigenvalue weighted by Gasteiger charge is -2.13. The topological polar surface area (TPSA) is 75.7 Å². The molecule has 3 amide bonds. The summed E-state index contributed by atoms with van der Waals surface area (Å²) in [4.78, 5) is 38.8. The molecule has 1 aliphatic heterocycles. The van der Waals surface area contributed by atoms with Crippen LogP contribution in [0.1, 0.15) is 16.7 Å². The SMILES string of the molecule is Cc1cccc(NC(=O)COc2ccc(/C=C3/SC(=O)N(Cc4ccccc4Cl)C3=O)cc2)c1. The molecule has 4 rings (SSSR count). The van der Waals surface area contributed by atoms with Crippen molar-refractivity contribution in [2.45, 2.75) is 13.5 Å². The third-order valence-electron chi connectivity index (χ3n) is 5.01. The predicted octanol–water partition coefficient (Wildman–Crippen LogP) is 5.90. The maximum Gasteiger partial charge on any atom is 0.293 e. The molecule has 1 fully saturated rings. The number of nitrogens with one attached hydrogen (secondary N) is 1. The Labute approximate surface area is 206 Å². The number of benzene rings is 3. The van der Waals surface area contributed by atoms with Crippen molar-refractivity contribution < 1.29 is 19.1 Å². The molecule has 3 aromatic carbocycles. The van der Waals surface area contributed by atoms with Gasteiger partial charge in [-0.3, -0.25) is 19.3 Å². The van der Waals surface area contributed by atoms with Crippen LogP contribution in [0.25, 0.3) is 6.08 Å². The van der Waals surface area contributed by atoms with E-state index in [2.05, 4.69) is 5.32 Å². The number of rotatable bonds is 7. The largest absolute Gasteiger partial charge is 0.484 e. The smallest absolute Gasteiger partial charge is 0.293 e. The zero-order valence-electron chi connectivity index (χ0n) is 18.3. The number of imide groups is 1. The molecule has 1 N–H and O–H groups in total. The first kappa shape index (κ1) is 23.6. The minimum atomic E-state index is -0.358. The molecule has 0 radical (unpaired) electrons. The molecule has 1 heterocycles. The second kappa shape index (κ2) is 10.6. The number of carbonyl (C=O) groups excluding carboxylic acids is 3. The van der Waals surface area contributed by atoms with E-state index in [0.717, 1.165) is 22.9 Å². The summed E-state index contributed by atoms with van der Waals surface area (Å²) in [6.07, 6.45) is 1.66. The normalized spacial score (nSPS) is 14.5. The molecule has 34 heavy (non-hydrogen) atoms. The van der Waals surface area contributed by atoms with Crippen LogP contribution in [0.15, 0.2) is 77.7 Å². The maximum absolute atomic E-state index is 12.8. The van der Waals surface area contributed by atoms with Crippen LogP contribution in [0.5, 0.6) is 5.75 Å². The second-order valence-corrected chi connectivity index (χ2v) is 9.04. The molecule has 1 saturated heterocycles. The van der Waals surface area contributed by atoms with Crippen molar-refractivity contribution in [2.75, 3.05) is 11.9 Å². The van der Waals surface area contributed by atoms with Crippen LogP contribution in [-0.2, 0) is 16.1 Å². The minimum Gasteiger partial charge on any atom is -0.484 e. The number of carbonyl (C=O) groups is 3. The zero-order chi connectivity index (χ0) is 24.1. The molecule has 0 aromatic heterocycles. The number of thioether (sulfide) groups is 1. The number of hydrogen-bond donors (Lipinski definition) is 1. The molecule has 0 spiro atoms. The first-order valence-corrected chi connectivity index (χ1v) is 11.7. The van der Waals surface area contributed by atoms with Crippen molar-refractivity contribution in [3.05, 3.63) is 99.4 Å². The molecule has 1 aliphatic rings. The summed E-state index contributed by atoms with van der Waals surface area (Å²) < 4.78 is 5.55. The average molecular weight is 493 g/mol. The van der Waals surface area contributed by atoms with Gasteiger partial charge in [0, 0.05) is 10.7 Å². The van der Waals surface area contributed by atoms with Crippen LogP contribution in [0.2, 0.25) is 5.02 Å². The van der Waals surface area contributed by atoms with E-state index < -0.39 is 0 Å². The minimum absolute atomic E-state index is 0.124. The van der Waals surface area contributed by atoms with E-state index in [9.17, 15) is 14.4 Å². The summed E-state index contributed by atoms with van der Waals surface area (Å²) in [5.74, 6) is -0.103. The highest BCUT2D eigenvalue weighted by molar-refractivity contribution is 8.18. The highest BCUT2D eigenvalue weighted by Crippen LogP contribution is 2.34. The van der Waals surface area contributed by atoms with Gasteiger partial charge in [0.1, 0.15) is 5.75 Å². The number of nitrogens with zero attached hydrogens (tertiary/aromatic N) is 1. The number of aryl methyl sites for hydroxylation is 1. The van der Waals surface area contributed by atoms with Gasteiger partial charge in [-0.05, 0) is 71.8 Å². The van der Waals surface area contributed by atoms with Crippen molar-refractivity contribution in [1.82, 2.24) is 4.90 Å². The Morgan fingerprint density at radius 3 is 2.56 bits per heavy atom. The molecule has 0 unspecified atom stereocenters. The van der Waals surface area contributed by atoms with Gasteiger partial charge in [-0.2, -0.15) is 0 Å². The molecule has 0 aliphatic carbocycles. The Kier molecular flexibility index (Phi) is 7.35. The van der Waals surface area contributed by atoms with Crippen LogP contribution >= 0.6 is 23.4 Å². The molecule has 172 valence electrons. The molecule has 6 nitrogen and oxygen atoms in total. The number of amides is 3. The molecule has 0 saturated carbocycles. The summed E-state index contributed by atoms with van der Waals surface area (Å²) in [5.41, 5.74) is 3.21. The number of halogens is 1. The summed E-state index contributed by atoms with van der Waals surface area (Å²) in [6.45, 7) is 1.94. The molecular formula is C26H21ClN2O4S. The highest BCUT2D eigenvalue weighted by Gasteiger charge is 2.35. The summed E-state index contributed by atoms with van der Waals surface area (Å²) in [6, 6.07) is 21.6. The lowest BCUT2D eigenvalue weighted by molar-refractivity contribution is -0.123. The Morgan fingerprint density at radius 1 is 1.06 bits per heavy atom. The number of hydrogen-bond acceptors (Lipinski definition) is 5. The van der Waals surface area contributed by atoms with Gasteiger partial charge >= 0.3 is 0 Å². The lowest BCUT2D eigenvalue weighted by Crippen LogP contribution is -2.27. The maximum atomic E-state index is 12.8. The molecule has 8 heteroatoms. The van der Waals surface area contributed by atoms with Crippen LogP contribution in [0.3, 0.4) is 0 Å². The first-order valence-electron chi connectivity index (χ1n) is 10.5. The number of anilines is 1. The van der Waals surface area contributed by atoms with Gasteiger partial charge in [-0.25, -0.2) is 0 Å². The Hall–Kier alpha value is -3.55. The van der Waals surface area contributed by atoms with E-state index in [1.807, 2.05) is 37.3 Å². The van der Waals surface area contributed by atoms with Crippen molar-refractivity contribution in [3.8, 4) is 5.75 Å². The van der Waals surface area contributed by atoms with Crippen molar-refractivity contribution in [2.24, 2.45) is 0 Å². The van der Waals surface area contributed by atoms with E-state index in [1.54, 1.807) is 48.5 Å². The quantitative estimate of drug-likeness (QED) is 0.415. The molecule has 0 bridgehead atoms. The third-order valence-corrected chi connectivity index (χ3v) is 6.29. The predicted molar refractivity (Wildman–Crippen MR) is 135 cm³/mol. The molecule has 3 aromatic rings. The van der Waals surface area contributed by atoms with Crippen LogP contribution in [-0.4, -0.2) is 28.6 Å².